The minimum atomic E-state index is -1.47. The van der Waals surface area contributed by atoms with Gasteiger partial charge in [-0.05, 0) is 30.5 Å². The smallest absolute Gasteiger partial charge is 0.326 e. The van der Waals surface area contributed by atoms with Gasteiger partial charge in [0.1, 0.15) is 23.9 Å². The molecule has 0 saturated heterocycles. The summed E-state index contributed by atoms with van der Waals surface area (Å²) in [5.74, 6) is -5.21. The van der Waals surface area contributed by atoms with Gasteiger partial charge in [0, 0.05) is 17.9 Å². The SMILES string of the molecule is NC(Cc1ccc(O)cc1)C(=O)NC(CS)C(=O)NC(CS)C(=O)NC(CCC(=O)O)C(=O)O. The molecule has 8 N–H and O–H groups in total. The highest BCUT2D eigenvalue weighted by Crippen LogP contribution is 2.11. The van der Waals surface area contributed by atoms with Gasteiger partial charge in [-0.3, -0.25) is 19.2 Å². The number of thiol groups is 2. The summed E-state index contributed by atoms with van der Waals surface area (Å²) in [5, 5.41) is 34.2. The van der Waals surface area contributed by atoms with Crippen LogP contribution in [0.15, 0.2) is 24.3 Å². The number of phenols is 1. The fraction of sp³-hybridized carbons (Fsp3) is 0.450. The largest absolute Gasteiger partial charge is 0.508 e. The van der Waals surface area contributed by atoms with Crippen molar-refractivity contribution in [3.8, 4) is 5.75 Å². The molecule has 14 heteroatoms. The van der Waals surface area contributed by atoms with Gasteiger partial charge < -0.3 is 37.0 Å². The van der Waals surface area contributed by atoms with Crippen LogP contribution in [-0.4, -0.2) is 80.7 Å². The predicted molar refractivity (Wildman–Crippen MR) is 128 cm³/mol. The molecular weight excluding hydrogens is 488 g/mol. The summed E-state index contributed by atoms with van der Waals surface area (Å²) in [4.78, 5) is 59.4. The highest BCUT2D eigenvalue weighted by atomic mass is 32.1. The third-order valence-corrected chi connectivity index (χ3v) is 5.35. The van der Waals surface area contributed by atoms with Crippen molar-refractivity contribution in [2.75, 3.05) is 11.5 Å². The van der Waals surface area contributed by atoms with E-state index >= 15 is 0 Å². The number of amides is 3. The summed E-state index contributed by atoms with van der Waals surface area (Å²) in [6, 6.07) is 1.21. The molecule has 1 rings (SSSR count). The molecule has 3 amide bonds. The van der Waals surface area contributed by atoms with Gasteiger partial charge in [-0.2, -0.15) is 25.3 Å². The minimum absolute atomic E-state index is 0.0629. The number of hydrogen-bond donors (Lipinski definition) is 9. The van der Waals surface area contributed by atoms with Crippen LogP contribution in [0.4, 0.5) is 0 Å². The van der Waals surface area contributed by atoms with E-state index < -0.39 is 60.2 Å². The maximum Gasteiger partial charge on any atom is 0.326 e. The summed E-state index contributed by atoms with van der Waals surface area (Å²) < 4.78 is 0. The Kier molecular flexibility index (Phi) is 12.2. The van der Waals surface area contributed by atoms with Crippen LogP contribution in [0.5, 0.6) is 5.75 Å². The van der Waals surface area contributed by atoms with Crippen molar-refractivity contribution in [1.29, 1.82) is 0 Å². The number of carbonyl (C=O) groups excluding carboxylic acids is 3. The molecule has 188 valence electrons. The number of rotatable bonds is 14. The van der Waals surface area contributed by atoms with Crippen LogP contribution in [0, 0.1) is 0 Å². The Labute approximate surface area is 206 Å². The Morgan fingerprint density at radius 1 is 0.824 bits per heavy atom. The third kappa shape index (κ3) is 9.89. The van der Waals surface area contributed by atoms with Crippen LogP contribution in [0.25, 0.3) is 0 Å². The zero-order valence-electron chi connectivity index (χ0n) is 18.0. The van der Waals surface area contributed by atoms with E-state index in [1.54, 1.807) is 12.1 Å². The first-order chi connectivity index (χ1) is 16.0. The van der Waals surface area contributed by atoms with E-state index in [9.17, 15) is 34.2 Å². The molecule has 4 unspecified atom stereocenters. The van der Waals surface area contributed by atoms with Gasteiger partial charge in [-0.25, -0.2) is 4.79 Å². The highest BCUT2D eigenvalue weighted by molar-refractivity contribution is 7.80. The monoisotopic (exact) mass is 516 g/mol. The second-order valence-electron chi connectivity index (χ2n) is 7.30. The fourth-order valence-corrected chi connectivity index (χ4v) is 3.23. The summed E-state index contributed by atoms with van der Waals surface area (Å²) in [7, 11) is 0. The lowest BCUT2D eigenvalue weighted by Crippen LogP contribution is -2.58. The molecule has 0 radical (unpaired) electrons. The molecule has 4 atom stereocenters. The zero-order chi connectivity index (χ0) is 25.8. The first kappa shape index (κ1) is 29.1. The number of carboxylic acids is 2. The fourth-order valence-electron chi connectivity index (χ4n) is 2.72. The molecule has 0 aliphatic carbocycles. The lowest BCUT2D eigenvalue weighted by molar-refractivity contribution is -0.143. The number of carbonyl (C=O) groups is 5. The summed E-state index contributed by atoms with van der Waals surface area (Å²) >= 11 is 8.03. The molecule has 12 nitrogen and oxygen atoms in total. The number of hydrogen-bond acceptors (Lipinski definition) is 9. The quantitative estimate of drug-likeness (QED) is 0.132. The lowest BCUT2D eigenvalue weighted by atomic mass is 10.1. The maximum absolute atomic E-state index is 12.6. The van der Waals surface area contributed by atoms with Crippen molar-refractivity contribution in [3.05, 3.63) is 29.8 Å². The number of nitrogens with one attached hydrogen (secondary N) is 3. The number of carboxylic acid groups (broad SMARTS) is 2. The van der Waals surface area contributed by atoms with Crippen LogP contribution < -0.4 is 21.7 Å². The van der Waals surface area contributed by atoms with E-state index in [0.29, 0.717) is 5.56 Å². The predicted octanol–water partition coefficient (Wildman–Crippen LogP) is -1.47. The molecule has 0 heterocycles. The van der Waals surface area contributed by atoms with Gasteiger partial charge in [0.25, 0.3) is 0 Å². The van der Waals surface area contributed by atoms with Gasteiger partial charge >= 0.3 is 11.9 Å². The molecule has 0 bridgehead atoms. The first-order valence-corrected chi connectivity index (χ1v) is 11.4. The Balaban J connectivity index is 2.71. The van der Waals surface area contributed by atoms with E-state index in [4.69, 9.17) is 10.8 Å². The molecule has 1 aromatic carbocycles. The number of nitrogens with two attached hydrogens (primary N) is 1. The molecule has 0 aliphatic heterocycles. The van der Waals surface area contributed by atoms with Crippen LogP contribution in [-0.2, 0) is 30.4 Å². The number of phenolic OH excluding ortho intramolecular Hbond substituents is 1. The number of aliphatic carboxylic acids is 2. The maximum atomic E-state index is 12.6. The summed E-state index contributed by atoms with van der Waals surface area (Å²) in [5.41, 5.74) is 6.58. The van der Waals surface area contributed by atoms with Crippen LogP contribution in [0.2, 0.25) is 0 Å². The van der Waals surface area contributed by atoms with Crippen molar-refractivity contribution in [2.45, 2.75) is 43.4 Å². The second-order valence-corrected chi connectivity index (χ2v) is 8.03. The van der Waals surface area contributed by atoms with Crippen LogP contribution >= 0.6 is 25.3 Å². The standard InChI is InChI=1S/C20H28N4O8S2/c21-12(7-10-1-3-11(25)4-2-10)17(28)23-14(8-33)19(30)24-15(9-34)18(29)22-13(20(31)32)5-6-16(26)27/h1-4,12-15,25,33-34H,5-9,21H2,(H,22,29)(H,23,28)(H,24,30)(H,26,27)(H,31,32). The van der Waals surface area contributed by atoms with Gasteiger partial charge in [0.2, 0.25) is 17.7 Å². The van der Waals surface area contributed by atoms with Crippen molar-refractivity contribution < 1.29 is 39.3 Å². The van der Waals surface area contributed by atoms with Gasteiger partial charge in [0.05, 0.1) is 6.04 Å². The molecule has 1 aromatic rings. The Morgan fingerprint density at radius 2 is 1.29 bits per heavy atom. The van der Waals surface area contributed by atoms with Crippen molar-refractivity contribution in [3.63, 3.8) is 0 Å². The molecule has 0 aliphatic rings. The number of benzene rings is 1. The van der Waals surface area contributed by atoms with E-state index in [2.05, 4.69) is 41.2 Å². The van der Waals surface area contributed by atoms with E-state index in [-0.39, 0.29) is 30.1 Å². The van der Waals surface area contributed by atoms with E-state index in [0.717, 1.165) is 0 Å². The molecule has 34 heavy (non-hydrogen) atoms. The summed E-state index contributed by atoms with van der Waals surface area (Å²) in [6.07, 6.45) is -0.688. The van der Waals surface area contributed by atoms with Crippen LogP contribution in [0.3, 0.4) is 0 Å². The second kappa shape index (κ2) is 14.3. The van der Waals surface area contributed by atoms with E-state index in [1.165, 1.54) is 12.1 Å². The Hall–Kier alpha value is -2.97. The zero-order valence-corrected chi connectivity index (χ0v) is 19.8. The molecular formula is C20H28N4O8S2. The van der Waals surface area contributed by atoms with Gasteiger partial charge in [0.15, 0.2) is 0 Å². The first-order valence-electron chi connectivity index (χ1n) is 10.1. The Morgan fingerprint density at radius 3 is 1.74 bits per heavy atom. The molecule has 0 fully saturated rings. The van der Waals surface area contributed by atoms with Crippen molar-refractivity contribution in [2.24, 2.45) is 5.73 Å². The van der Waals surface area contributed by atoms with Crippen molar-refractivity contribution >= 4 is 54.9 Å². The number of aromatic hydroxyl groups is 1. The van der Waals surface area contributed by atoms with E-state index in [1.807, 2.05) is 0 Å². The van der Waals surface area contributed by atoms with Crippen LogP contribution in [0.1, 0.15) is 18.4 Å². The third-order valence-electron chi connectivity index (χ3n) is 4.62. The molecule has 0 saturated carbocycles. The summed E-state index contributed by atoms with van der Waals surface area (Å²) in [6.45, 7) is 0. The molecule has 0 spiro atoms. The average Bonchev–Trinajstić information content (AvgIpc) is 2.78. The highest BCUT2D eigenvalue weighted by Gasteiger charge is 2.29. The minimum Gasteiger partial charge on any atom is -0.508 e. The normalized spacial score (nSPS) is 14.2. The van der Waals surface area contributed by atoms with Gasteiger partial charge in [-0.15, -0.1) is 0 Å². The topological polar surface area (TPSA) is 208 Å². The lowest BCUT2D eigenvalue weighted by Gasteiger charge is -2.23. The Bertz CT molecular complexity index is 884. The van der Waals surface area contributed by atoms with Gasteiger partial charge in [-0.1, -0.05) is 12.1 Å². The average molecular weight is 517 g/mol. The van der Waals surface area contributed by atoms with Crippen molar-refractivity contribution in [1.82, 2.24) is 16.0 Å². The molecule has 0 aromatic heterocycles.